The SMILES string of the molecule is NC(=O)c1ccnc(C(=O)NCCC2(CNC(=O)c3ccc[nH]3)CC2)c1. The zero-order valence-electron chi connectivity index (χ0n) is 14.2. The molecule has 0 unspecified atom stereocenters. The van der Waals surface area contributed by atoms with Gasteiger partial charge in [-0.15, -0.1) is 0 Å². The maximum atomic E-state index is 12.1. The quantitative estimate of drug-likeness (QED) is 0.559. The number of hydrogen-bond acceptors (Lipinski definition) is 4. The molecule has 26 heavy (non-hydrogen) atoms. The number of nitrogens with one attached hydrogen (secondary N) is 3. The number of pyridine rings is 1. The van der Waals surface area contributed by atoms with Crippen LogP contribution in [-0.4, -0.2) is 40.8 Å². The van der Waals surface area contributed by atoms with Crippen LogP contribution in [0.2, 0.25) is 0 Å². The van der Waals surface area contributed by atoms with Crippen molar-refractivity contribution >= 4 is 17.7 Å². The van der Waals surface area contributed by atoms with Crippen molar-refractivity contribution in [2.45, 2.75) is 19.3 Å². The first-order valence-electron chi connectivity index (χ1n) is 8.45. The maximum Gasteiger partial charge on any atom is 0.269 e. The van der Waals surface area contributed by atoms with Crippen LogP contribution < -0.4 is 16.4 Å². The number of hydrogen-bond donors (Lipinski definition) is 4. The summed E-state index contributed by atoms with van der Waals surface area (Å²) in [6.45, 7) is 1.05. The molecule has 3 rings (SSSR count). The van der Waals surface area contributed by atoms with Gasteiger partial charge in [-0.25, -0.2) is 0 Å². The molecule has 3 amide bonds. The highest BCUT2D eigenvalue weighted by molar-refractivity contribution is 5.97. The molecular weight excluding hydrogens is 334 g/mol. The molecule has 2 heterocycles. The minimum atomic E-state index is -0.601. The van der Waals surface area contributed by atoms with E-state index in [-0.39, 0.29) is 28.5 Å². The highest BCUT2D eigenvalue weighted by Crippen LogP contribution is 2.47. The van der Waals surface area contributed by atoms with E-state index in [1.54, 1.807) is 18.3 Å². The van der Waals surface area contributed by atoms with Crippen molar-refractivity contribution in [3.05, 3.63) is 53.6 Å². The normalized spacial score (nSPS) is 14.5. The summed E-state index contributed by atoms with van der Waals surface area (Å²) in [5, 5.41) is 5.73. The second-order valence-electron chi connectivity index (χ2n) is 6.57. The van der Waals surface area contributed by atoms with E-state index in [4.69, 9.17) is 5.73 Å². The minimum Gasteiger partial charge on any atom is -0.366 e. The molecule has 1 fully saturated rings. The van der Waals surface area contributed by atoms with E-state index >= 15 is 0 Å². The van der Waals surface area contributed by atoms with E-state index in [1.807, 2.05) is 0 Å². The average molecular weight is 355 g/mol. The van der Waals surface area contributed by atoms with Crippen LogP contribution in [0.4, 0.5) is 0 Å². The summed E-state index contributed by atoms with van der Waals surface area (Å²) in [7, 11) is 0. The lowest BCUT2D eigenvalue weighted by atomic mass is 10.0. The van der Waals surface area contributed by atoms with Crippen LogP contribution in [0, 0.1) is 5.41 Å². The van der Waals surface area contributed by atoms with Crippen LogP contribution in [0.25, 0.3) is 0 Å². The van der Waals surface area contributed by atoms with E-state index in [0.29, 0.717) is 18.8 Å². The average Bonchev–Trinajstić information content (AvgIpc) is 3.18. The lowest BCUT2D eigenvalue weighted by Gasteiger charge is -2.16. The van der Waals surface area contributed by atoms with Gasteiger partial charge in [0.15, 0.2) is 0 Å². The summed E-state index contributed by atoms with van der Waals surface area (Å²) in [6, 6.07) is 6.34. The van der Waals surface area contributed by atoms with E-state index in [0.717, 1.165) is 19.3 Å². The lowest BCUT2D eigenvalue weighted by molar-refractivity contribution is 0.0924. The van der Waals surface area contributed by atoms with Gasteiger partial charge in [-0.2, -0.15) is 0 Å². The van der Waals surface area contributed by atoms with Crippen LogP contribution in [0.15, 0.2) is 36.7 Å². The molecule has 0 radical (unpaired) electrons. The minimum absolute atomic E-state index is 0.0397. The van der Waals surface area contributed by atoms with Gasteiger partial charge in [0, 0.05) is 31.0 Å². The molecule has 136 valence electrons. The Balaban J connectivity index is 1.45. The standard InChI is InChI=1S/C18H21N5O3/c19-15(24)12-3-8-21-14(10-12)17(26)22-9-6-18(4-5-18)11-23-16(25)13-2-1-7-20-13/h1-3,7-8,10,20H,4-6,9,11H2,(H2,19,24)(H,22,26)(H,23,25). The Kier molecular flexibility index (Phi) is 5.01. The van der Waals surface area contributed by atoms with Gasteiger partial charge in [-0.1, -0.05) is 0 Å². The number of carbonyl (C=O) groups is 3. The van der Waals surface area contributed by atoms with Gasteiger partial charge in [-0.05, 0) is 48.9 Å². The van der Waals surface area contributed by atoms with Crippen LogP contribution >= 0.6 is 0 Å². The van der Waals surface area contributed by atoms with E-state index in [2.05, 4.69) is 20.6 Å². The second kappa shape index (κ2) is 7.38. The highest BCUT2D eigenvalue weighted by Gasteiger charge is 2.42. The molecule has 0 aliphatic heterocycles. The van der Waals surface area contributed by atoms with Gasteiger partial charge < -0.3 is 21.4 Å². The Morgan fingerprint density at radius 2 is 2.00 bits per heavy atom. The third kappa shape index (κ3) is 4.27. The third-order valence-corrected chi connectivity index (χ3v) is 4.64. The van der Waals surface area contributed by atoms with E-state index in [9.17, 15) is 14.4 Å². The number of rotatable bonds is 8. The lowest BCUT2D eigenvalue weighted by Crippen LogP contribution is -2.33. The van der Waals surface area contributed by atoms with Crippen molar-refractivity contribution in [2.75, 3.05) is 13.1 Å². The molecule has 1 aliphatic rings. The molecule has 5 N–H and O–H groups in total. The number of aromatic amines is 1. The zero-order valence-corrected chi connectivity index (χ0v) is 14.2. The number of amides is 3. The molecule has 2 aromatic rings. The largest absolute Gasteiger partial charge is 0.366 e. The smallest absolute Gasteiger partial charge is 0.269 e. The molecule has 1 aliphatic carbocycles. The Labute approximate surface area is 150 Å². The molecule has 2 aromatic heterocycles. The Hall–Kier alpha value is -3.16. The van der Waals surface area contributed by atoms with Crippen molar-refractivity contribution in [2.24, 2.45) is 11.1 Å². The summed E-state index contributed by atoms with van der Waals surface area (Å²) >= 11 is 0. The van der Waals surface area contributed by atoms with Crippen molar-refractivity contribution in [3.8, 4) is 0 Å². The molecular formula is C18H21N5O3. The monoisotopic (exact) mass is 355 g/mol. The van der Waals surface area contributed by atoms with Crippen molar-refractivity contribution < 1.29 is 14.4 Å². The second-order valence-corrected chi connectivity index (χ2v) is 6.57. The highest BCUT2D eigenvalue weighted by atomic mass is 16.2. The number of aromatic nitrogens is 2. The topological polar surface area (TPSA) is 130 Å². The first kappa shape index (κ1) is 17.7. The van der Waals surface area contributed by atoms with Crippen LogP contribution in [0.1, 0.15) is 50.6 Å². The number of H-pyrrole nitrogens is 1. The summed E-state index contributed by atoms with van der Waals surface area (Å²) < 4.78 is 0. The molecule has 0 atom stereocenters. The van der Waals surface area contributed by atoms with Gasteiger partial charge in [0.2, 0.25) is 5.91 Å². The van der Waals surface area contributed by atoms with E-state index < -0.39 is 5.91 Å². The van der Waals surface area contributed by atoms with Crippen LogP contribution in [0.5, 0.6) is 0 Å². The fraction of sp³-hybridized carbons (Fsp3) is 0.333. The summed E-state index contributed by atoms with van der Waals surface area (Å²) in [6.07, 6.45) is 5.89. The summed E-state index contributed by atoms with van der Waals surface area (Å²) in [5.41, 5.74) is 6.19. The molecule has 8 nitrogen and oxygen atoms in total. The van der Waals surface area contributed by atoms with Crippen LogP contribution in [-0.2, 0) is 0 Å². The molecule has 1 saturated carbocycles. The van der Waals surface area contributed by atoms with Gasteiger partial charge in [-0.3, -0.25) is 19.4 Å². The first-order chi connectivity index (χ1) is 12.5. The molecule has 0 saturated heterocycles. The van der Waals surface area contributed by atoms with E-state index in [1.165, 1.54) is 18.3 Å². The van der Waals surface area contributed by atoms with Gasteiger partial charge in [0.25, 0.3) is 11.8 Å². The molecule has 0 aromatic carbocycles. The molecule has 8 heteroatoms. The zero-order chi connectivity index (χ0) is 18.6. The van der Waals surface area contributed by atoms with Crippen molar-refractivity contribution in [3.63, 3.8) is 0 Å². The molecule has 0 bridgehead atoms. The van der Waals surface area contributed by atoms with Gasteiger partial charge >= 0.3 is 0 Å². The Bertz CT molecular complexity index is 812. The first-order valence-corrected chi connectivity index (χ1v) is 8.45. The fourth-order valence-corrected chi connectivity index (χ4v) is 2.77. The van der Waals surface area contributed by atoms with Gasteiger partial charge in [0.1, 0.15) is 11.4 Å². The molecule has 0 spiro atoms. The van der Waals surface area contributed by atoms with Crippen LogP contribution in [0.3, 0.4) is 0 Å². The Morgan fingerprint density at radius 3 is 2.65 bits per heavy atom. The fourth-order valence-electron chi connectivity index (χ4n) is 2.77. The Morgan fingerprint density at radius 1 is 1.19 bits per heavy atom. The summed E-state index contributed by atoms with van der Waals surface area (Å²) in [4.78, 5) is 42.1. The number of primary amides is 1. The van der Waals surface area contributed by atoms with Crippen molar-refractivity contribution in [1.29, 1.82) is 0 Å². The third-order valence-electron chi connectivity index (χ3n) is 4.64. The maximum absolute atomic E-state index is 12.1. The van der Waals surface area contributed by atoms with Gasteiger partial charge in [0.05, 0.1) is 0 Å². The summed E-state index contributed by atoms with van der Waals surface area (Å²) in [5.74, 6) is -1.08. The number of nitrogens with zero attached hydrogens (tertiary/aromatic N) is 1. The predicted molar refractivity (Wildman–Crippen MR) is 94.5 cm³/mol. The number of nitrogens with two attached hydrogens (primary N) is 1. The van der Waals surface area contributed by atoms with Crippen molar-refractivity contribution in [1.82, 2.24) is 20.6 Å². The number of carbonyl (C=O) groups excluding carboxylic acids is 3. The predicted octanol–water partition coefficient (Wildman–Crippen LogP) is 0.839.